The zero-order chi connectivity index (χ0) is 10.6. The molecule has 14 heavy (non-hydrogen) atoms. The fraction of sp³-hybridized carbons (Fsp3) is 0.800. The van der Waals surface area contributed by atoms with Crippen LogP contribution >= 0.6 is 23.5 Å². The van der Waals surface area contributed by atoms with Crippen LogP contribution in [0, 0.1) is 11.5 Å². The number of thioether (sulfide) groups is 2. The predicted octanol–water partition coefficient (Wildman–Crippen LogP) is 3.89. The van der Waals surface area contributed by atoms with E-state index in [-0.39, 0.29) is 0 Å². The molecule has 0 aliphatic carbocycles. The normalized spacial score (nSPS) is 9.50. The Morgan fingerprint density at radius 2 is 1.64 bits per heavy atom. The largest absolute Gasteiger partial charge is 0.207 e. The van der Waals surface area contributed by atoms with Gasteiger partial charge in [0.25, 0.3) is 0 Å². The molecule has 0 N–H and O–H groups in total. The third-order valence-corrected chi connectivity index (χ3v) is 3.96. The molecule has 0 aromatic heterocycles. The Morgan fingerprint density at radius 3 is 2.00 bits per heavy atom. The van der Waals surface area contributed by atoms with Gasteiger partial charge in [-0.2, -0.15) is 10.3 Å². The summed E-state index contributed by atoms with van der Waals surface area (Å²) in [7, 11) is 0. The van der Waals surface area contributed by atoms with Crippen molar-refractivity contribution >= 4 is 27.9 Å². The van der Waals surface area contributed by atoms with Crippen LogP contribution in [0.15, 0.2) is 4.99 Å². The second kappa shape index (κ2) is 10.9. The standard InChI is InChI=1S/C10H18N2S2/c1-3-5-7-13-10(12-9-11)14-8-6-4-2/h3-8H2,1-2H3. The molecule has 0 aromatic carbocycles. The van der Waals surface area contributed by atoms with Crippen LogP contribution in [0.25, 0.3) is 0 Å². The summed E-state index contributed by atoms with van der Waals surface area (Å²) in [5.41, 5.74) is 0. The van der Waals surface area contributed by atoms with Gasteiger partial charge >= 0.3 is 0 Å². The van der Waals surface area contributed by atoms with Gasteiger partial charge in [-0.15, -0.1) is 0 Å². The lowest BCUT2D eigenvalue weighted by atomic mass is 10.4. The molecular weight excluding hydrogens is 212 g/mol. The molecule has 0 rings (SSSR count). The molecule has 0 bridgehead atoms. The first-order valence-electron chi connectivity index (χ1n) is 5.07. The van der Waals surface area contributed by atoms with Gasteiger partial charge in [0.1, 0.15) is 4.38 Å². The highest BCUT2D eigenvalue weighted by Crippen LogP contribution is 2.19. The van der Waals surface area contributed by atoms with Gasteiger partial charge in [0.2, 0.25) is 6.19 Å². The first-order chi connectivity index (χ1) is 6.85. The first-order valence-corrected chi connectivity index (χ1v) is 7.04. The lowest BCUT2D eigenvalue weighted by molar-refractivity contribution is 0.897. The van der Waals surface area contributed by atoms with Crippen molar-refractivity contribution in [2.24, 2.45) is 4.99 Å². The van der Waals surface area contributed by atoms with Gasteiger partial charge in [-0.05, 0) is 12.8 Å². The molecule has 0 aromatic rings. The highest BCUT2D eigenvalue weighted by Gasteiger charge is 2.00. The molecule has 0 aliphatic rings. The molecule has 4 heteroatoms. The third-order valence-electron chi connectivity index (χ3n) is 1.59. The Labute approximate surface area is 95.6 Å². The molecule has 0 heterocycles. The summed E-state index contributed by atoms with van der Waals surface area (Å²) in [4.78, 5) is 3.82. The fourth-order valence-corrected chi connectivity index (χ4v) is 3.01. The van der Waals surface area contributed by atoms with E-state index in [2.05, 4.69) is 18.8 Å². The number of aliphatic imine (C=N–C) groups is 1. The van der Waals surface area contributed by atoms with Gasteiger partial charge in [0.05, 0.1) is 0 Å². The molecule has 0 spiro atoms. The Bertz CT molecular complexity index is 185. The zero-order valence-electron chi connectivity index (χ0n) is 8.95. The van der Waals surface area contributed by atoms with E-state index in [1.807, 2.05) is 6.19 Å². The second-order valence-corrected chi connectivity index (χ2v) is 5.31. The van der Waals surface area contributed by atoms with Crippen molar-refractivity contribution in [2.45, 2.75) is 39.5 Å². The molecule has 0 amide bonds. The molecule has 0 radical (unpaired) electrons. The van der Waals surface area contributed by atoms with E-state index in [4.69, 9.17) is 5.26 Å². The van der Waals surface area contributed by atoms with E-state index in [1.54, 1.807) is 23.5 Å². The fourth-order valence-electron chi connectivity index (χ4n) is 0.755. The summed E-state index contributed by atoms with van der Waals surface area (Å²) in [6, 6.07) is 0. The third kappa shape index (κ3) is 8.46. The first kappa shape index (κ1) is 13.9. The number of nitrogens with zero attached hydrogens (tertiary/aromatic N) is 2. The molecule has 2 nitrogen and oxygen atoms in total. The summed E-state index contributed by atoms with van der Waals surface area (Å²) in [5.74, 6) is 2.16. The van der Waals surface area contributed by atoms with Gasteiger partial charge in [-0.25, -0.2) is 0 Å². The quantitative estimate of drug-likeness (QED) is 0.300. The Kier molecular flexibility index (Phi) is 10.8. The van der Waals surface area contributed by atoms with Crippen molar-refractivity contribution in [1.82, 2.24) is 0 Å². The number of hydrogen-bond acceptors (Lipinski definition) is 4. The summed E-state index contributed by atoms with van der Waals surface area (Å²) < 4.78 is 0.939. The summed E-state index contributed by atoms with van der Waals surface area (Å²) in [6.45, 7) is 4.35. The van der Waals surface area contributed by atoms with Crippen LogP contribution in [0.1, 0.15) is 39.5 Å². The number of hydrogen-bond donors (Lipinski definition) is 0. The molecule has 0 aliphatic heterocycles. The molecule has 0 saturated carbocycles. The van der Waals surface area contributed by atoms with Crippen molar-refractivity contribution in [3.05, 3.63) is 0 Å². The van der Waals surface area contributed by atoms with Crippen LogP contribution in [0.5, 0.6) is 0 Å². The zero-order valence-corrected chi connectivity index (χ0v) is 10.6. The molecule has 80 valence electrons. The average Bonchev–Trinajstić information content (AvgIpc) is 2.18. The second-order valence-electron chi connectivity index (χ2n) is 2.88. The monoisotopic (exact) mass is 230 g/mol. The van der Waals surface area contributed by atoms with Crippen LogP contribution in [0.4, 0.5) is 0 Å². The van der Waals surface area contributed by atoms with Gasteiger partial charge in [0, 0.05) is 11.5 Å². The van der Waals surface area contributed by atoms with Gasteiger partial charge < -0.3 is 0 Å². The van der Waals surface area contributed by atoms with Gasteiger partial charge in [-0.1, -0.05) is 50.2 Å². The topological polar surface area (TPSA) is 36.1 Å². The summed E-state index contributed by atoms with van der Waals surface area (Å²) in [6.07, 6.45) is 6.67. The number of nitriles is 1. The maximum absolute atomic E-state index is 8.49. The molecule has 0 fully saturated rings. The SMILES string of the molecule is CCCCSC(=NC#N)SCCCC. The van der Waals surface area contributed by atoms with Crippen molar-refractivity contribution in [3.8, 4) is 6.19 Å². The maximum atomic E-state index is 8.49. The highest BCUT2D eigenvalue weighted by molar-refractivity contribution is 8.38. The minimum Gasteiger partial charge on any atom is -0.170 e. The molecule has 0 saturated heterocycles. The van der Waals surface area contributed by atoms with E-state index in [0.29, 0.717) is 0 Å². The smallest absolute Gasteiger partial charge is 0.170 e. The van der Waals surface area contributed by atoms with Crippen molar-refractivity contribution in [2.75, 3.05) is 11.5 Å². The Balaban J connectivity index is 3.68. The average molecular weight is 230 g/mol. The van der Waals surface area contributed by atoms with Crippen LogP contribution in [-0.4, -0.2) is 15.9 Å². The van der Waals surface area contributed by atoms with E-state index < -0.39 is 0 Å². The molecular formula is C10H18N2S2. The highest BCUT2D eigenvalue weighted by atomic mass is 32.2. The number of rotatable bonds is 6. The molecule has 0 unspecified atom stereocenters. The van der Waals surface area contributed by atoms with Crippen molar-refractivity contribution in [1.29, 1.82) is 5.26 Å². The lowest BCUT2D eigenvalue weighted by Gasteiger charge is -2.02. The van der Waals surface area contributed by atoms with Crippen LogP contribution in [-0.2, 0) is 0 Å². The van der Waals surface area contributed by atoms with Crippen LogP contribution < -0.4 is 0 Å². The Morgan fingerprint density at radius 1 is 1.14 bits per heavy atom. The van der Waals surface area contributed by atoms with Crippen molar-refractivity contribution in [3.63, 3.8) is 0 Å². The maximum Gasteiger partial charge on any atom is 0.207 e. The van der Waals surface area contributed by atoms with Crippen LogP contribution in [0.2, 0.25) is 0 Å². The van der Waals surface area contributed by atoms with E-state index in [1.165, 1.54) is 25.7 Å². The Hall–Kier alpha value is -0.140. The van der Waals surface area contributed by atoms with Gasteiger partial charge in [-0.3, -0.25) is 0 Å². The summed E-state index contributed by atoms with van der Waals surface area (Å²) >= 11 is 3.42. The molecule has 0 atom stereocenters. The van der Waals surface area contributed by atoms with Gasteiger partial charge in [0.15, 0.2) is 0 Å². The van der Waals surface area contributed by atoms with E-state index >= 15 is 0 Å². The summed E-state index contributed by atoms with van der Waals surface area (Å²) in [5, 5.41) is 8.49. The predicted molar refractivity (Wildman–Crippen MR) is 67.8 cm³/mol. The minimum absolute atomic E-state index is 0.939. The minimum atomic E-state index is 0.939. The van der Waals surface area contributed by atoms with E-state index in [9.17, 15) is 0 Å². The van der Waals surface area contributed by atoms with E-state index in [0.717, 1.165) is 15.9 Å². The lowest BCUT2D eigenvalue weighted by Crippen LogP contribution is -1.90. The number of unbranched alkanes of at least 4 members (excludes halogenated alkanes) is 2. The van der Waals surface area contributed by atoms with Crippen molar-refractivity contribution < 1.29 is 0 Å². The van der Waals surface area contributed by atoms with Crippen LogP contribution in [0.3, 0.4) is 0 Å².